The molecular weight excluding hydrogens is 402 g/mol. The molecule has 1 fully saturated rings. The van der Waals surface area contributed by atoms with Gasteiger partial charge in [0, 0.05) is 19.6 Å². The summed E-state index contributed by atoms with van der Waals surface area (Å²) >= 11 is 0. The summed E-state index contributed by atoms with van der Waals surface area (Å²) in [5, 5.41) is 2.86. The topological polar surface area (TPSA) is 79.0 Å². The van der Waals surface area contributed by atoms with Crippen molar-refractivity contribution in [3.8, 4) is 0 Å². The molecule has 3 rings (SSSR count). The van der Waals surface area contributed by atoms with Gasteiger partial charge in [-0.15, -0.1) is 0 Å². The van der Waals surface area contributed by atoms with Gasteiger partial charge in [-0.2, -0.15) is 0 Å². The zero-order valence-electron chi connectivity index (χ0n) is 17.3. The molecule has 2 aromatic rings. The Labute approximate surface area is 178 Å². The number of nitrogens with one attached hydrogen (secondary N) is 1. The van der Waals surface area contributed by atoms with E-state index in [2.05, 4.69) is 10.2 Å². The molecule has 162 valence electrons. The van der Waals surface area contributed by atoms with Crippen molar-refractivity contribution >= 4 is 21.6 Å². The molecular formula is C22H29N3O4S. The average molecular weight is 432 g/mol. The summed E-state index contributed by atoms with van der Waals surface area (Å²) in [7, 11) is -3.86. The fourth-order valence-electron chi connectivity index (χ4n) is 3.36. The number of morpholine rings is 1. The van der Waals surface area contributed by atoms with Crippen molar-refractivity contribution < 1.29 is 17.9 Å². The highest BCUT2D eigenvalue weighted by Gasteiger charge is 2.27. The monoisotopic (exact) mass is 431 g/mol. The van der Waals surface area contributed by atoms with E-state index in [1.165, 1.54) is 4.31 Å². The van der Waals surface area contributed by atoms with Crippen molar-refractivity contribution in [2.75, 3.05) is 50.2 Å². The first-order valence-electron chi connectivity index (χ1n) is 10.2. The quantitative estimate of drug-likeness (QED) is 0.615. The number of carbonyl (C=O) groups excluding carboxylic acids is 1. The molecule has 1 heterocycles. The van der Waals surface area contributed by atoms with Gasteiger partial charge in [-0.1, -0.05) is 30.3 Å². The zero-order valence-corrected chi connectivity index (χ0v) is 18.1. The van der Waals surface area contributed by atoms with Crippen molar-refractivity contribution in [2.45, 2.75) is 18.2 Å². The number of amides is 1. The molecule has 0 atom stereocenters. The number of aryl methyl sites for hydroxylation is 1. The molecule has 1 aliphatic rings. The van der Waals surface area contributed by atoms with E-state index in [1.807, 2.05) is 13.0 Å². The molecule has 1 saturated heterocycles. The molecule has 30 heavy (non-hydrogen) atoms. The summed E-state index contributed by atoms with van der Waals surface area (Å²) in [6.07, 6.45) is 0.807. The van der Waals surface area contributed by atoms with Crippen LogP contribution in [0.4, 0.5) is 5.69 Å². The Bertz CT molecular complexity index is 928. The van der Waals surface area contributed by atoms with Crippen LogP contribution in [-0.4, -0.2) is 65.2 Å². The Morgan fingerprint density at radius 1 is 1.10 bits per heavy atom. The lowest BCUT2D eigenvalue weighted by Crippen LogP contribution is -2.42. The highest BCUT2D eigenvalue weighted by atomic mass is 32.2. The summed E-state index contributed by atoms with van der Waals surface area (Å²) < 4.78 is 33.0. The van der Waals surface area contributed by atoms with E-state index in [-0.39, 0.29) is 17.3 Å². The lowest BCUT2D eigenvalue weighted by Gasteiger charge is -2.26. The first-order valence-corrected chi connectivity index (χ1v) is 11.6. The molecule has 1 aliphatic heterocycles. The predicted molar refractivity (Wildman–Crippen MR) is 117 cm³/mol. The molecule has 2 aromatic carbocycles. The van der Waals surface area contributed by atoms with Crippen LogP contribution < -0.4 is 9.62 Å². The molecule has 0 unspecified atom stereocenters. The van der Waals surface area contributed by atoms with E-state index < -0.39 is 10.0 Å². The smallest absolute Gasteiger partial charge is 0.264 e. The maximum absolute atomic E-state index is 13.2. The van der Waals surface area contributed by atoms with Crippen molar-refractivity contribution in [1.29, 1.82) is 0 Å². The van der Waals surface area contributed by atoms with Gasteiger partial charge in [-0.05, 0) is 49.7 Å². The third-order valence-corrected chi connectivity index (χ3v) is 6.77. The molecule has 0 bridgehead atoms. The van der Waals surface area contributed by atoms with Gasteiger partial charge < -0.3 is 10.1 Å². The van der Waals surface area contributed by atoms with Crippen LogP contribution in [-0.2, 0) is 19.6 Å². The van der Waals surface area contributed by atoms with Gasteiger partial charge >= 0.3 is 0 Å². The van der Waals surface area contributed by atoms with Crippen LogP contribution in [0.3, 0.4) is 0 Å². The number of anilines is 1. The molecule has 0 aromatic heterocycles. The molecule has 0 radical (unpaired) electrons. The zero-order chi connectivity index (χ0) is 21.4. The molecule has 7 nitrogen and oxygen atoms in total. The highest BCUT2D eigenvalue weighted by molar-refractivity contribution is 7.92. The number of hydrogen-bond acceptors (Lipinski definition) is 5. The second-order valence-electron chi connectivity index (χ2n) is 7.32. The van der Waals surface area contributed by atoms with Crippen molar-refractivity contribution in [1.82, 2.24) is 10.2 Å². The molecule has 0 spiro atoms. The predicted octanol–water partition coefficient (Wildman–Crippen LogP) is 2.03. The first kappa shape index (κ1) is 22.3. The van der Waals surface area contributed by atoms with Gasteiger partial charge in [-0.25, -0.2) is 8.42 Å². The average Bonchev–Trinajstić information content (AvgIpc) is 2.76. The van der Waals surface area contributed by atoms with Crippen LogP contribution in [0.2, 0.25) is 0 Å². The summed E-state index contributed by atoms with van der Waals surface area (Å²) in [4.78, 5) is 15.0. The largest absolute Gasteiger partial charge is 0.379 e. The molecule has 1 amide bonds. The molecule has 1 N–H and O–H groups in total. The van der Waals surface area contributed by atoms with Crippen LogP contribution in [0.25, 0.3) is 0 Å². The van der Waals surface area contributed by atoms with Gasteiger partial charge in [0.05, 0.1) is 23.8 Å². The first-order chi connectivity index (χ1) is 14.5. The van der Waals surface area contributed by atoms with E-state index in [1.54, 1.807) is 48.5 Å². The standard InChI is InChI=1S/C22H29N3O4S/c1-19-7-5-8-20(17-19)25(30(27,28)21-9-3-2-4-10-21)18-22(26)23-11-6-12-24-13-15-29-16-14-24/h2-5,7-10,17H,6,11-16,18H2,1H3,(H,23,26). The number of ether oxygens (including phenoxy) is 1. The van der Waals surface area contributed by atoms with Crippen LogP contribution in [0.1, 0.15) is 12.0 Å². The number of nitrogens with zero attached hydrogens (tertiary/aromatic N) is 2. The minimum atomic E-state index is -3.86. The molecule has 8 heteroatoms. The van der Waals surface area contributed by atoms with Crippen LogP contribution in [0.5, 0.6) is 0 Å². The van der Waals surface area contributed by atoms with Gasteiger partial charge in [-0.3, -0.25) is 14.0 Å². The normalized spacial score (nSPS) is 15.0. The van der Waals surface area contributed by atoms with E-state index in [0.29, 0.717) is 12.2 Å². The SMILES string of the molecule is Cc1cccc(N(CC(=O)NCCCN2CCOCC2)S(=O)(=O)c2ccccc2)c1. The fraction of sp³-hybridized carbons (Fsp3) is 0.409. The van der Waals surface area contributed by atoms with Crippen LogP contribution >= 0.6 is 0 Å². The third kappa shape index (κ3) is 6.04. The lowest BCUT2D eigenvalue weighted by molar-refractivity contribution is -0.119. The number of carbonyl (C=O) groups is 1. The third-order valence-electron chi connectivity index (χ3n) is 4.99. The lowest BCUT2D eigenvalue weighted by atomic mass is 10.2. The molecule has 0 aliphatic carbocycles. The summed E-state index contributed by atoms with van der Waals surface area (Å²) in [6.45, 7) is 6.32. The van der Waals surface area contributed by atoms with Crippen LogP contribution in [0.15, 0.2) is 59.5 Å². The minimum absolute atomic E-state index is 0.159. The van der Waals surface area contributed by atoms with Crippen molar-refractivity contribution in [3.05, 3.63) is 60.2 Å². The Morgan fingerprint density at radius 2 is 1.83 bits per heavy atom. The van der Waals surface area contributed by atoms with Gasteiger partial charge in [0.25, 0.3) is 10.0 Å². The van der Waals surface area contributed by atoms with E-state index >= 15 is 0 Å². The second-order valence-corrected chi connectivity index (χ2v) is 9.18. The van der Waals surface area contributed by atoms with Gasteiger partial charge in [0.15, 0.2) is 0 Å². The maximum atomic E-state index is 13.2. The summed E-state index contributed by atoms with van der Waals surface area (Å²) in [6, 6.07) is 15.3. The Morgan fingerprint density at radius 3 is 2.53 bits per heavy atom. The summed E-state index contributed by atoms with van der Waals surface area (Å²) in [5.74, 6) is -0.321. The van der Waals surface area contributed by atoms with E-state index in [4.69, 9.17) is 4.74 Å². The van der Waals surface area contributed by atoms with E-state index in [0.717, 1.165) is 44.8 Å². The Balaban J connectivity index is 1.66. The second kappa shape index (κ2) is 10.6. The molecule has 0 saturated carbocycles. The van der Waals surface area contributed by atoms with E-state index in [9.17, 15) is 13.2 Å². The highest BCUT2D eigenvalue weighted by Crippen LogP contribution is 2.24. The van der Waals surface area contributed by atoms with Crippen molar-refractivity contribution in [2.24, 2.45) is 0 Å². The van der Waals surface area contributed by atoms with Gasteiger partial charge in [0.2, 0.25) is 5.91 Å². The Hall–Kier alpha value is -2.42. The van der Waals surface area contributed by atoms with Crippen LogP contribution in [0, 0.1) is 6.92 Å². The number of hydrogen-bond donors (Lipinski definition) is 1. The number of rotatable bonds is 9. The minimum Gasteiger partial charge on any atom is -0.379 e. The fourth-order valence-corrected chi connectivity index (χ4v) is 4.79. The van der Waals surface area contributed by atoms with Gasteiger partial charge in [0.1, 0.15) is 6.54 Å². The Kier molecular flexibility index (Phi) is 7.84. The number of sulfonamides is 1. The van der Waals surface area contributed by atoms with Crippen molar-refractivity contribution in [3.63, 3.8) is 0 Å². The number of benzene rings is 2. The summed E-state index contributed by atoms with van der Waals surface area (Å²) in [5.41, 5.74) is 1.40. The maximum Gasteiger partial charge on any atom is 0.264 e.